The Labute approximate surface area is 164 Å². The maximum absolute atomic E-state index is 12.8. The lowest BCUT2D eigenvalue weighted by atomic mass is 10.1. The van der Waals surface area contributed by atoms with Gasteiger partial charge in [0.05, 0.1) is 24.3 Å². The zero-order chi connectivity index (χ0) is 19.9. The number of benzene rings is 1. The van der Waals surface area contributed by atoms with Crippen LogP contribution < -0.4 is 0 Å². The number of fused-ring (bicyclic) bond motifs is 1. The zero-order valence-corrected chi connectivity index (χ0v) is 16.0. The minimum Gasteiger partial charge on any atom is -0.379 e. The van der Waals surface area contributed by atoms with Crippen LogP contribution in [0.3, 0.4) is 0 Å². The van der Waals surface area contributed by atoms with Crippen LogP contribution in [0.5, 0.6) is 0 Å². The van der Waals surface area contributed by atoms with Gasteiger partial charge in [-0.15, -0.1) is 11.3 Å². The highest BCUT2D eigenvalue weighted by molar-refractivity contribution is 7.89. The highest BCUT2D eigenvalue weighted by Crippen LogP contribution is 2.29. The molecule has 9 nitrogen and oxygen atoms in total. The predicted octanol–water partition coefficient (Wildman–Crippen LogP) is 1.14. The molecule has 11 heteroatoms. The van der Waals surface area contributed by atoms with Gasteiger partial charge in [-0.25, -0.2) is 13.2 Å². The number of ether oxygens (including phenoxy) is 1. The van der Waals surface area contributed by atoms with Crippen LogP contribution in [0.4, 0.5) is 0 Å². The molecule has 0 spiro atoms. The largest absolute Gasteiger partial charge is 0.379 e. The van der Waals surface area contributed by atoms with Gasteiger partial charge in [0.1, 0.15) is 9.77 Å². The van der Waals surface area contributed by atoms with Crippen LogP contribution in [0.25, 0.3) is 0 Å². The molecule has 4 rings (SSSR count). The quantitative estimate of drug-likeness (QED) is 0.680. The summed E-state index contributed by atoms with van der Waals surface area (Å²) in [6.45, 7) is 0.868. The van der Waals surface area contributed by atoms with Crippen LogP contribution in [-0.2, 0) is 19.6 Å². The van der Waals surface area contributed by atoms with E-state index in [0.717, 1.165) is 11.3 Å². The molecule has 1 aromatic carbocycles. The second kappa shape index (κ2) is 7.09. The van der Waals surface area contributed by atoms with Gasteiger partial charge in [-0.1, -0.05) is 17.2 Å². The van der Waals surface area contributed by atoms with Crippen molar-refractivity contribution in [1.82, 2.24) is 9.37 Å². The van der Waals surface area contributed by atoms with Crippen molar-refractivity contribution in [3.8, 4) is 0 Å². The lowest BCUT2D eigenvalue weighted by molar-refractivity contribution is -0.0583. The fraction of sp³-hybridized carbons (Fsp3) is 0.235. The summed E-state index contributed by atoms with van der Waals surface area (Å²) in [5.41, 5.74) is 0.236. The smallest absolute Gasteiger partial charge is 0.375 e. The van der Waals surface area contributed by atoms with Gasteiger partial charge < -0.3 is 9.57 Å². The number of nitrogens with zero attached hydrogens (tertiary/aromatic N) is 2. The number of hydrogen-bond donors (Lipinski definition) is 0. The molecule has 28 heavy (non-hydrogen) atoms. The Balaban J connectivity index is 1.59. The van der Waals surface area contributed by atoms with Crippen molar-refractivity contribution < 1.29 is 32.4 Å². The number of carbonyl (C=O) groups excluding carboxylic acids is 3. The molecule has 146 valence electrons. The highest BCUT2D eigenvalue weighted by Gasteiger charge is 2.40. The number of carbonyl (C=O) groups is 3. The van der Waals surface area contributed by atoms with E-state index in [-0.39, 0.29) is 47.2 Å². The SMILES string of the molecule is O=C(ON1C(=O)c2ccccc2C1=O)c1sccc1S(=O)(=O)N1CCOCC1. The standard InChI is InChI=1S/C17H14N2O7S2/c20-15-11-3-1-2-4-12(11)16(21)19(15)26-17(22)14-13(5-10-27-14)28(23,24)18-6-8-25-9-7-18/h1-5,10H,6-9H2. The van der Waals surface area contributed by atoms with Crippen molar-refractivity contribution in [3.63, 3.8) is 0 Å². The Morgan fingerprint density at radius 1 is 1.04 bits per heavy atom. The average Bonchev–Trinajstić information content (AvgIpc) is 3.30. The van der Waals surface area contributed by atoms with Gasteiger partial charge in [-0.05, 0) is 23.6 Å². The number of hydroxylamine groups is 2. The minimum absolute atomic E-state index is 0.118. The molecule has 0 aliphatic carbocycles. The molecule has 0 atom stereocenters. The minimum atomic E-state index is -3.93. The maximum Gasteiger partial charge on any atom is 0.375 e. The van der Waals surface area contributed by atoms with E-state index < -0.39 is 27.8 Å². The molecule has 0 bridgehead atoms. The zero-order valence-electron chi connectivity index (χ0n) is 14.4. The van der Waals surface area contributed by atoms with Gasteiger partial charge in [0, 0.05) is 13.1 Å². The molecule has 3 heterocycles. The molecule has 1 aromatic heterocycles. The normalized spacial score (nSPS) is 17.6. The van der Waals surface area contributed by atoms with Crippen LogP contribution in [-0.4, -0.2) is 61.9 Å². The predicted molar refractivity (Wildman–Crippen MR) is 96.3 cm³/mol. The van der Waals surface area contributed by atoms with Gasteiger partial charge in [0.2, 0.25) is 10.0 Å². The third-order valence-electron chi connectivity index (χ3n) is 4.33. The Morgan fingerprint density at radius 2 is 1.64 bits per heavy atom. The Kier molecular flexibility index (Phi) is 4.75. The van der Waals surface area contributed by atoms with E-state index in [4.69, 9.17) is 9.57 Å². The van der Waals surface area contributed by atoms with E-state index in [0.29, 0.717) is 5.06 Å². The second-order valence-electron chi connectivity index (χ2n) is 5.96. The van der Waals surface area contributed by atoms with Gasteiger partial charge in [0.15, 0.2) is 0 Å². The lowest BCUT2D eigenvalue weighted by Gasteiger charge is -2.26. The Morgan fingerprint density at radius 3 is 2.25 bits per heavy atom. The van der Waals surface area contributed by atoms with Crippen LogP contribution in [0, 0.1) is 0 Å². The summed E-state index contributed by atoms with van der Waals surface area (Å²) in [4.78, 5) is 41.8. The van der Waals surface area contributed by atoms with Crippen molar-refractivity contribution >= 4 is 39.1 Å². The van der Waals surface area contributed by atoms with Crippen molar-refractivity contribution in [2.24, 2.45) is 0 Å². The van der Waals surface area contributed by atoms with E-state index in [2.05, 4.69) is 0 Å². The second-order valence-corrected chi connectivity index (χ2v) is 8.78. The Bertz CT molecular complexity index is 1040. The Hall–Kier alpha value is -2.60. The van der Waals surface area contributed by atoms with Gasteiger partial charge >= 0.3 is 5.97 Å². The van der Waals surface area contributed by atoms with E-state index >= 15 is 0 Å². The molecule has 0 unspecified atom stereocenters. The van der Waals surface area contributed by atoms with Gasteiger partial charge in [-0.3, -0.25) is 9.59 Å². The van der Waals surface area contributed by atoms with Gasteiger partial charge in [-0.2, -0.15) is 4.31 Å². The molecule has 2 aliphatic rings. The molecule has 0 saturated carbocycles. The first-order valence-corrected chi connectivity index (χ1v) is 10.6. The fourth-order valence-corrected chi connectivity index (χ4v) is 5.62. The molecule has 1 saturated heterocycles. The van der Waals surface area contributed by atoms with Crippen molar-refractivity contribution in [3.05, 3.63) is 51.7 Å². The molecule has 2 aromatic rings. The highest BCUT2D eigenvalue weighted by atomic mass is 32.2. The first-order valence-electron chi connectivity index (χ1n) is 8.27. The number of sulfonamides is 1. The molecule has 0 radical (unpaired) electrons. The van der Waals surface area contributed by atoms with E-state index in [1.54, 1.807) is 12.1 Å². The molecule has 0 N–H and O–H groups in total. The van der Waals surface area contributed by atoms with Crippen LogP contribution in [0.2, 0.25) is 0 Å². The van der Waals surface area contributed by atoms with E-state index in [1.807, 2.05) is 0 Å². The van der Waals surface area contributed by atoms with Crippen LogP contribution >= 0.6 is 11.3 Å². The third-order valence-corrected chi connectivity index (χ3v) is 7.30. The molecular formula is C17H14N2O7S2. The first kappa shape index (κ1) is 18.7. The van der Waals surface area contributed by atoms with E-state index in [9.17, 15) is 22.8 Å². The number of morpholine rings is 1. The summed E-state index contributed by atoms with van der Waals surface area (Å²) >= 11 is 0.857. The summed E-state index contributed by atoms with van der Waals surface area (Å²) < 4.78 is 32.1. The molecular weight excluding hydrogens is 408 g/mol. The summed E-state index contributed by atoms with van der Waals surface area (Å²) in [5.74, 6) is -2.64. The number of imide groups is 1. The maximum atomic E-state index is 12.8. The van der Waals surface area contributed by atoms with Crippen LogP contribution in [0.1, 0.15) is 30.4 Å². The summed E-state index contributed by atoms with van der Waals surface area (Å²) in [5, 5.41) is 1.80. The summed E-state index contributed by atoms with van der Waals surface area (Å²) in [7, 11) is -3.93. The van der Waals surface area contributed by atoms with Crippen molar-refractivity contribution in [2.75, 3.05) is 26.3 Å². The van der Waals surface area contributed by atoms with Crippen molar-refractivity contribution in [1.29, 1.82) is 0 Å². The lowest BCUT2D eigenvalue weighted by Crippen LogP contribution is -2.41. The number of amides is 2. The first-order chi connectivity index (χ1) is 13.4. The summed E-state index contributed by atoms with van der Waals surface area (Å²) in [6, 6.07) is 7.36. The van der Waals surface area contributed by atoms with Gasteiger partial charge in [0.25, 0.3) is 11.8 Å². The topological polar surface area (TPSA) is 110 Å². The van der Waals surface area contributed by atoms with Crippen molar-refractivity contribution in [2.45, 2.75) is 4.90 Å². The number of rotatable bonds is 4. The third kappa shape index (κ3) is 3.02. The molecule has 1 fully saturated rings. The molecule has 2 amide bonds. The summed E-state index contributed by atoms with van der Waals surface area (Å²) in [6.07, 6.45) is 0. The monoisotopic (exact) mass is 422 g/mol. The molecule has 2 aliphatic heterocycles. The number of thiophene rings is 1. The number of hydrogen-bond acceptors (Lipinski definition) is 8. The van der Waals surface area contributed by atoms with E-state index in [1.165, 1.54) is 27.9 Å². The average molecular weight is 422 g/mol. The van der Waals surface area contributed by atoms with Crippen LogP contribution in [0.15, 0.2) is 40.6 Å². The fourth-order valence-electron chi connectivity index (χ4n) is 2.95.